The topological polar surface area (TPSA) is 63.6 Å². The molecule has 0 aliphatic rings. The van der Waals surface area contributed by atoms with Gasteiger partial charge >= 0.3 is 10.4 Å². The third-order valence-corrected chi connectivity index (χ3v) is 6.28. The summed E-state index contributed by atoms with van der Waals surface area (Å²) in [6, 6.07) is 0. The van der Waals surface area contributed by atoms with E-state index in [2.05, 4.69) is 13.8 Å². The monoisotopic (exact) mass is 434 g/mol. The van der Waals surface area contributed by atoms with Gasteiger partial charge in [0.25, 0.3) is 0 Å². The number of hydrogen-bond donors (Lipinski definition) is 1. The molecule has 0 bridgehead atoms. The average molecular weight is 435 g/mol. The SMILES string of the molecule is CCCCCCCCCCCCCCCC(CCCCCCCC)OS(=O)(=O)O. The summed E-state index contributed by atoms with van der Waals surface area (Å²) < 4.78 is 36.1. The molecular weight excluding hydrogens is 384 g/mol. The van der Waals surface area contributed by atoms with Crippen LogP contribution >= 0.6 is 0 Å². The Morgan fingerprint density at radius 3 is 1.10 bits per heavy atom. The lowest BCUT2D eigenvalue weighted by Gasteiger charge is -2.15. The summed E-state index contributed by atoms with van der Waals surface area (Å²) in [5, 5.41) is 0. The second-order valence-corrected chi connectivity index (χ2v) is 9.78. The maximum absolute atomic E-state index is 11.1. The predicted molar refractivity (Wildman–Crippen MR) is 125 cm³/mol. The molecule has 0 aromatic carbocycles. The van der Waals surface area contributed by atoms with Gasteiger partial charge in [-0.3, -0.25) is 4.55 Å². The van der Waals surface area contributed by atoms with Crippen LogP contribution in [0.2, 0.25) is 0 Å². The minimum absolute atomic E-state index is 0.358. The fraction of sp³-hybridized carbons (Fsp3) is 1.00. The lowest BCUT2D eigenvalue weighted by molar-refractivity contribution is 0.157. The Labute approximate surface area is 182 Å². The van der Waals surface area contributed by atoms with Gasteiger partial charge in [-0.15, -0.1) is 0 Å². The first-order valence-electron chi connectivity index (χ1n) is 12.6. The fourth-order valence-electron chi connectivity index (χ4n) is 3.95. The van der Waals surface area contributed by atoms with E-state index in [1.807, 2.05) is 0 Å². The Balaban J connectivity index is 3.64. The molecule has 0 saturated carbocycles. The fourth-order valence-corrected chi connectivity index (χ4v) is 4.49. The first-order valence-corrected chi connectivity index (χ1v) is 14.0. The summed E-state index contributed by atoms with van der Waals surface area (Å²) in [7, 11) is -4.34. The van der Waals surface area contributed by atoms with Crippen molar-refractivity contribution in [1.82, 2.24) is 0 Å². The molecule has 29 heavy (non-hydrogen) atoms. The summed E-state index contributed by atoms with van der Waals surface area (Å²) in [6.07, 6.45) is 25.1. The normalized spacial score (nSPS) is 13.1. The van der Waals surface area contributed by atoms with Gasteiger partial charge in [-0.2, -0.15) is 8.42 Å². The molecule has 0 fully saturated rings. The minimum Gasteiger partial charge on any atom is -0.264 e. The van der Waals surface area contributed by atoms with Crippen molar-refractivity contribution >= 4 is 10.4 Å². The molecule has 0 rings (SSSR count). The number of hydrogen-bond acceptors (Lipinski definition) is 3. The van der Waals surface area contributed by atoms with Gasteiger partial charge in [0.05, 0.1) is 6.10 Å². The lowest BCUT2D eigenvalue weighted by atomic mass is 10.0. The first-order chi connectivity index (χ1) is 14.0. The third-order valence-electron chi connectivity index (χ3n) is 5.77. The third kappa shape index (κ3) is 24.0. The van der Waals surface area contributed by atoms with Crippen molar-refractivity contribution in [1.29, 1.82) is 0 Å². The quantitative estimate of drug-likeness (QED) is 0.129. The van der Waals surface area contributed by atoms with Gasteiger partial charge < -0.3 is 0 Å². The highest BCUT2D eigenvalue weighted by atomic mass is 32.3. The van der Waals surface area contributed by atoms with E-state index in [0.717, 1.165) is 38.5 Å². The van der Waals surface area contributed by atoms with Crippen LogP contribution < -0.4 is 0 Å². The summed E-state index contributed by atoms with van der Waals surface area (Å²) in [5.41, 5.74) is 0. The van der Waals surface area contributed by atoms with Crippen LogP contribution in [0.3, 0.4) is 0 Å². The van der Waals surface area contributed by atoms with Gasteiger partial charge in [-0.05, 0) is 12.8 Å². The van der Waals surface area contributed by atoms with Crippen LogP contribution in [0, 0.1) is 0 Å². The van der Waals surface area contributed by atoms with E-state index >= 15 is 0 Å². The lowest BCUT2D eigenvalue weighted by Crippen LogP contribution is -2.18. The van der Waals surface area contributed by atoms with E-state index in [1.165, 1.54) is 96.3 Å². The Morgan fingerprint density at radius 1 is 0.552 bits per heavy atom. The van der Waals surface area contributed by atoms with Crippen LogP contribution in [0.5, 0.6) is 0 Å². The van der Waals surface area contributed by atoms with Crippen LogP contribution in [0.15, 0.2) is 0 Å². The zero-order chi connectivity index (χ0) is 21.6. The summed E-state index contributed by atoms with van der Waals surface area (Å²) in [5.74, 6) is 0. The standard InChI is InChI=1S/C24H50O4S/c1-3-5-7-9-11-12-13-14-15-16-17-19-21-23-24(28-29(25,26)27)22-20-18-10-8-6-4-2/h24H,3-23H2,1-2H3,(H,25,26,27). The highest BCUT2D eigenvalue weighted by molar-refractivity contribution is 7.80. The van der Waals surface area contributed by atoms with Crippen molar-refractivity contribution in [3.05, 3.63) is 0 Å². The summed E-state index contributed by atoms with van der Waals surface area (Å²) in [6.45, 7) is 4.46. The van der Waals surface area contributed by atoms with Crippen molar-refractivity contribution in [2.45, 2.75) is 155 Å². The molecule has 0 aliphatic carbocycles. The largest absolute Gasteiger partial charge is 0.397 e. The Hall–Kier alpha value is -0.130. The predicted octanol–water partition coefficient (Wildman–Crippen LogP) is 8.41. The Bertz CT molecular complexity index is 423. The van der Waals surface area contributed by atoms with E-state index in [1.54, 1.807) is 0 Å². The van der Waals surface area contributed by atoms with Crippen LogP contribution in [-0.4, -0.2) is 19.1 Å². The molecule has 0 spiro atoms. The maximum atomic E-state index is 11.1. The molecule has 1 N–H and O–H groups in total. The molecule has 0 aromatic heterocycles. The highest BCUT2D eigenvalue weighted by Gasteiger charge is 2.16. The molecule has 0 aromatic rings. The van der Waals surface area contributed by atoms with Gasteiger partial charge in [-0.1, -0.05) is 136 Å². The van der Waals surface area contributed by atoms with Gasteiger partial charge in [0.1, 0.15) is 0 Å². The Kier molecular flexibility index (Phi) is 21.0. The van der Waals surface area contributed by atoms with Crippen LogP contribution in [-0.2, 0) is 14.6 Å². The molecule has 0 aliphatic heterocycles. The van der Waals surface area contributed by atoms with E-state index in [4.69, 9.17) is 8.74 Å². The van der Waals surface area contributed by atoms with Gasteiger partial charge in [-0.25, -0.2) is 4.18 Å². The molecule has 0 amide bonds. The zero-order valence-electron chi connectivity index (χ0n) is 19.5. The highest BCUT2D eigenvalue weighted by Crippen LogP contribution is 2.18. The van der Waals surface area contributed by atoms with E-state index in [9.17, 15) is 8.42 Å². The van der Waals surface area contributed by atoms with Gasteiger partial charge in [0.15, 0.2) is 0 Å². The van der Waals surface area contributed by atoms with Crippen LogP contribution in [0.1, 0.15) is 149 Å². The van der Waals surface area contributed by atoms with Crippen molar-refractivity contribution in [2.24, 2.45) is 0 Å². The second kappa shape index (κ2) is 21.1. The van der Waals surface area contributed by atoms with E-state index < -0.39 is 10.4 Å². The van der Waals surface area contributed by atoms with Crippen molar-refractivity contribution in [2.75, 3.05) is 0 Å². The molecular formula is C24H50O4S. The minimum atomic E-state index is -4.34. The van der Waals surface area contributed by atoms with Crippen molar-refractivity contribution in [3.63, 3.8) is 0 Å². The van der Waals surface area contributed by atoms with E-state index in [-0.39, 0.29) is 6.10 Å². The summed E-state index contributed by atoms with van der Waals surface area (Å²) >= 11 is 0. The molecule has 1 atom stereocenters. The van der Waals surface area contributed by atoms with Crippen molar-refractivity contribution < 1.29 is 17.2 Å². The number of unbranched alkanes of at least 4 members (excludes halogenated alkanes) is 17. The smallest absolute Gasteiger partial charge is 0.264 e. The van der Waals surface area contributed by atoms with Gasteiger partial charge in [0.2, 0.25) is 0 Å². The molecule has 1 unspecified atom stereocenters. The van der Waals surface area contributed by atoms with Crippen molar-refractivity contribution in [3.8, 4) is 0 Å². The molecule has 5 heteroatoms. The first kappa shape index (κ1) is 28.9. The van der Waals surface area contributed by atoms with Crippen LogP contribution in [0.4, 0.5) is 0 Å². The average Bonchev–Trinajstić information content (AvgIpc) is 2.66. The molecule has 0 radical (unpaired) electrons. The molecule has 4 nitrogen and oxygen atoms in total. The molecule has 0 saturated heterocycles. The molecule has 0 heterocycles. The summed E-state index contributed by atoms with van der Waals surface area (Å²) in [4.78, 5) is 0. The van der Waals surface area contributed by atoms with E-state index in [0.29, 0.717) is 0 Å². The van der Waals surface area contributed by atoms with Crippen LogP contribution in [0.25, 0.3) is 0 Å². The van der Waals surface area contributed by atoms with Gasteiger partial charge in [0, 0.05) is 0 Å². The second-order valence-electron chi connectivity index (χ2n) is 8.73. The molecule has 176 valence electrons. The number of rotatable bonds is 23. The zero-order valence-corrected chi connectivity index (χ0v) is 20.3. The maximum Gasteiger partial charge on any atom is 0.397 e. The Morgan fingerprint density at radius 2 is 0.828 bits per heavy atom.